The van der Waals surface area contributed by atoms with Gasteiger partial charge in [-0.05, 0) is 44.6 Å². The molecule has 0 aliphatic carbocycles. The molecule has 1 N–H and O–H groups in total. The highest BCUT2D eigenvalue weighted by atomic mass is 16.5. The second-order valence-corrected chi connectivity index (χ2v) is 4.97. The topological polar surface area (TPSA) is 21.3 Å². The van der Waals surface area contributed by atoms with Crippen molar-refractivity contribution < 1.29 is 4.74 Å². The molecule has 2 aliphatic heterocycles. The van der Waals surface area contributed by atoms with Crippen molar-refractivity contribution in [1.82, 2.24) is 5.32 Å². The molecule has 0 unspecified atom stereocenters. The van der Waals surface area contributed by atoms with Gasteiger partial charge >= 0.3 is 0 Å². The standard InChI is InChI=1S/C12H23NO/c1-3-10-4-5-12(14-10)11-8-9(2)6-7-13-11/h9-13H,3-8H2,1-2H3/t9-,10+,11+,12+/m0/s1. The van der Waals surface area contributed by atoms with Gasteiger partial charge in [0.05, 0.1) is 12.2 Å². The first-order valence-corrected chi connectivity index (χ1v) is 6.18. The summed E-state index contributed by atoms with van der Waals surface area (Å²) in [4.78, 5) is 0. The zero-order chi connectivity index (χ0) is 9.97. The Morgan fingerprint density at radius 3 is 2.79 bits per heavy atom. The maximum atomic E-state index is 6.04. The fourth-order valence-electron chi connectivity index (χ4n) is 2.76. The van der Waals surface area contributed by atoms with Crippen molar-refractivity contribution in [3.05, 3.63) is 0 Å². The Labute approximate surface area is 87.4 Å². The third-order valence-corrected chi connectivity index (χ3v) is 3.74. The van der Waals surface area contributed by atoms with Crippen LogP contribution in [-0.4, -0.2) is 24.8 Å². The van der Waals surface area contributed by atoms with Crippen molar-refractivity contribution in [2.75, 3.05) is 6.54 Å². The number of hydrogen-bond acceptors (Lipinski definition) is 2. The Bertz CT molecular complexity index is 183. The van der Waals surface area contributed by atoms with Crippen LogP contribution in [0.1, 0.15) is 46.0 Å². The first kappa shape index (κ1) is 10.4. The summed E-state index contributed by atoms with van der Waals surface area (Å²) in [5, 5.41) is 3.61. The predicted molar refractivity (Wildman–Crippen MR) is 58.4 cm³/mol. The lowest BCUT2D eigenvalue weighted by molar-refractivity contribution is 0.0114. The van der Waals surface area contributed by atoms with Crippen LogP contribution in [0, 0.1) is 5.92 Å². The van der Waals surface area contributed by atoms with Crippen LogP contribution in [0.15, 0.2) is 0 Å². The van der Waals surface area contributed by atoms with E-state index >= 15 is 0 Å². The van der Waals surface area contributed by atoms with Crippen LogP contribution in [0.25, 0.3) is 0 Å². The molecule has 0 spiro atoms. The van der Waals surface area contributed by atoms with Gasteiger partial charge in [0.2, 0.25) is 0 Å². The molecule has 2 rings (SSSR count). The molecule has 0 radical (unpaired) electrons. The molecule has 2 aliphatic rings. The largest absolute Gasteiger partial charge is 0.373 e. The summed E-state index contributed by atoms with van der Waals surface area (Å²) in [7, 11) is 0. The van der Waals surface area contributed by atoms with Crippen molar-refractivity contribution in [2.45, 2.75) is 64.2 Å². The third kappa shape index (κ3) is 2.29. The van der Waals surface area contributed by atoms with Gasteiger partial charge in [-0.25, -0.2) is 0 Å². The minimum atomic E-state index is 0.502. The maximum absolute atomic E-state index is 6.04. The zero-order valence-corrected chi connectivity index (χ0v) is 9.46. The van der Waals surface area contributed by atoms with Gasteiger partial charge in [0.1, 0.15) is 0 Å². The molecule has 0 aromatic rings. The molecular weight excluding hydrogens is 174 g/mol. The molecule has 2 saturated heterocycles. The van der Waals surface area contributed by atoms with E-state index in [2.05, 4.69) is 19.2 Å². The molecule has 2 nitrogen and oxygen atoms in total. The summed E-state index contributed by atoms with van der Waals surface area (Å²) in [5.41, 5.74) is 0. The lowest BCUT2D eigenvalue weighted by Crippen LogP contribution is -2.45. The van der Waals surface area contributed by atoms with Crippen LogP contribution >= 0.6 is 0 Å². The Kier molecular flexibility index (Phi) is 3.45. The lowest BCUT2D eigenvalue weighted by atomic mass is 9.90. The van der Waals surface area contributed by atoms with E-state index in [9.17, 15) is 0 Å². The van der Waals surface area contributed by atoms with E-state index in [1.54, 1.807) is 0 Å². The Morgan fingerprint density at radius 1 is 1.29 bits per heavy atom. The number of rotatable bonds is 2. The highest BCUT2D eigenvalue weighted by molar-refractivity contribution is 4.87. The molecule has 2 heteroatoms. The van der Waals surface area contributed by atoms with Crippen LogP contribution < -0.4 is 5.32 Å². The molecule has 0 aromatic carbocycles. The summed E-state index contributed by atoms with van der Waals surface area (Å²) in [5.74, 6) is 0.880. The van der Waals surface area contributed by atoms with E-state index in [0.717, 1.165) is 5.92 Å². The van der Waals surface area contributed by atoms with Crippen molar-refractivity contribution in [2.24, 2.45) is 5.92 Å². The van der Waals surface area contributed by atoms with Crippen LogP contribution in [0.3, 0.4) is 0 Å². The highest BCUT2D eigenvalue weighted by Crippen LogP contribution is 2.28. The number of ether oxygens (including phenoxy) is 1. The van der Waals surface area contributed by atoms with E-state index in [-0.39, 0.29) is 0 Å². The van der Waals surface area contributed by atoms with E-state index < -0.39 is 0 Å². The van der Waals surface area contributed by atoms with Gasteiger partial charge in [0.15, 0.2) is 0 Å². The van der Waals surface area contributed by atoms with Crippen LogP contribution in [0.4, 0.5) is 0 Å². The summed E-state index contributed by atoms with van der Waals surface area (Å²) >= 11 is 0. The van der Waals surface area contributed by atoms with Gasteiger partial charge in [-0.1, -0.05) is 13.8 Å². The predicted octanol–water partition coefficient (Wildman–Crippen LogP) is 2.33. The van der Waals surface area contributed by atoms with E-state index in [1.165, 1.54) is 38.6 Å². The van der Waals surface area contributed by atoms with Gasteiger partial charge in [-0.3, -0.25) is 0 Å². The Morgan fingerprint density at radius 2 is 2.14 bits per heavy atom. The monoisotopic (exact) mass is 197 g/mol. The van der Waals surface area contributed by atoms with Gasteiger partial charge in [0.25, 0.3) is 0 Å². The smallest absolute Gasteiger partial charge is 0.0732 e. The van der Waals surface area contributed by atoms with Crippen molar-refractivity contribution >= 4 is 0 Å². The quantitative estimate of drug-likeness (QED) is 0.733. The van der Waals surface area contributed by atoms with Gasteiger partial charge in [0, 0.05) is 6.04 Å². The fraction of sp³-hybridized carbons (Fsp3) is 1.00. The van der Waals surface area contributed by atoms with Crippen LogP contribution in [0.5, 0.6) is 0 Å². The van der Waals surface area contributed by atoms with Crippen LogP contribution in [0.2, 0.25) is 0 Å². The molecule has 4 atom stereocenters. The molecule has 0 amide bonds. The molecule has 82 valence electrons. The Hall–Kier alpha value is -0.0800. The van der Waals surface area contributed by atoms with Gasteiger partial charge in [-0.15, -0.1) is 0 Å². The normalized spacial score (nSPS) is 44.1. The minimum Gasteiger partial charge on any atom is -0.373 e. The third-order valence-electron chi connectivity index (χ3n) is 3.74. The summed E-state index contributed by atoms with van der Waals surface area (Å²) in [6.07, 6.45) is 7.40. The van der Waals surface area contributed by atoms with Crippen molar-refractivity contribution in [3.8, 4) is 0 Å². The average molecular weight is 197 g/mol. The van der Waals surface area contributed by atoms with E-state index in [1.807, 2.05) is 0 Å². The molecular formula is C12H23NO. The first-order chi connectivity index (χ1) is 6.79. The van der Waals surface area contributed by atoms with Gasteiger partial charge < -0.3 is 10.1 Å². The van der Waals surface area contributed by atoms with Crippen LogP contribution in [-0.2, 0) is 4.74 Å². The summed E-state index contributed by atoms with van der Waals surface area (Å²) < 4.78 is 6.04. The van der Waals surface area contributed by atoms with E-state index in [4.69, 9.17) is 4.74 Å². The first-order valence-electron chi connectivity index (χ1n) is 6.18. The summed E-state index contributed by atoms with van der Waals surface area (Å²) in [6, 6.07) is 0.635. The van der Waals surface area contributed by atoms with Crippen molar-refractivity contribution in [3.63, 3.8) is 0 Å². The molecule has 2 heterocycles. The maximum Gasteiger partial charge on any atom is 0.0732 e. The molecule has 14 heavy (non-hydrogen) atoms. The average Bonchev–Trinajstić information content (AvgIpc) is 2.66. The number of nitrogens with one attached hydrogen (secondary N) is 1. The van der Waals surface area contributed by atoms with Gasteiger partial charge in [-0.2, -0.15) is 0 Å². The Balaban J connectivity index is 1.83. The van der Waals surface area contributed by atoms with E-state index in [0.29, 0.717) is 18.2 Å². The summed E-state index contributed by atoms with van der Waals surface area (Å²) in [6.45, 7) is 5.77. The number of hydrogen-bond donors (Lipinski definition) is 1. The molecule has 0 bridgehead atoms. The minimum absolute atomic E-state index is 0.502. The lowest BCUT2D eigenvalue weighted by Gasteiger charge is -2.32. The molecule has 0 aromatic heterocycles. The fourth-order valence-corrected chi connectivity index (χ4v) is 2.76. The zero-order valence-electron chi connectivity index (χ0n) is 9.46. The number of piperidine rings is 1. The SMILES string of the molecule is CC[C@@H]1CC[C@H]([C@H]2C[C@@H](C)CCN2)O1. The molecule has 0 saturated carbocycles. The molecule has 2 fully saturated rings. The van der Waals surface area contributed by atoms with Crippen molar-refractivity contribution in [1.29, 1.82) is 0 Å². The second kappa shape index (κ2) is 4.63. The second-order valence-electron chi connectivity index (χ2n) is 4.97. The highest BCUT2D eigenvalue weighted by Gasteiger charge is 2.32.